The fourth-order valence-corrected chi connectivity index (χ4v) is 2.58. The number of hydrogen-bond acceptors (Lipinski definition) is 2. The van der Waals surface area contributed by atoms with Crippen LogP contribution >= 0.6 is 0 Å². The molecule has 0 heterocycles. The van der Waals surface area contributed by atoms with E-state index < -0.39 is 0 Å². The second-order valence-corrected chi connectivity index (χ2v) is 6.09. The van der Waals surface area contributed by atoms with Crippen LogP contribution in [0.15, 0.2) is 46.4 Å². The van der Waals surface area contributed by atoms with Crippen molar-refractivity contribution in [3.8, 4) is 0 Å². The quantitative estimate of drug-likeness (QED) is 0.638. The van der Waals surface area contributed by atoms with Crippen LogP contribution in [0.3, 0.4) is 0 Å². The molecule has 0 saturated heterocycles. The summed E-state index contributed by atoms with van der Waals surface area (Å²) >= 11 is 0. The summed E-state index contributed by atoms with van der Waals surface area (Å²) in [5, 5.41) is 0. The van der Waals surface area contributed by atoms with Gasteiger partial charge in [0.15, 0.2) is 0 Å². The first-order chi connectivity index (χ1) is 10.3. The molecule has 2 aromatic rings. The van der Waals surface area contributed by atoms with Crippen molar-refractivity contribution < 1.29 is 0 Å². The molecule has 0 atom stereocenters. The van der Waals surface area contributed by atoms with Crippen molar-refractivity contribution in [2.45, 2.75) is 41.5 Å². The largest absolute Gasteiger partial charge is 0.252 e. The van der Waals surface area contributed by atoms with Gasteiger partial charge in [-0.3, -0.25) is 9.98 Å². The molecular formula is C20H24N2. The van der Waals surface area contributed by atoms with Gasteiger partial charge in [0, 0.05) is 0 Å². The molecule has 0 aliphatic heterocycles. The Morgan fingerprint density at radius 1 is 0.545 bits per heavy atom. The number of aryl methyl sites for hydroxylation is 4. The highest BCUT2D eigenvalue weighted by molar-refractivity contribution is 6.41. The lowest BCUT2D eigenvalue weighted by Crippen LogP contribution is -2.04. The minimum Gasteiger partial charge on any atom is -0.252 e. The summed E-state index contributed by atoms with van der Waals surface area (Å²) in [4.78, 5) is 9.42. The molecule has 0 fully saturated rings. The highest BCUT2D eigenvalue weighted by Crippen LogP contribution is 2.19. The van der Waals surface area contributed by atoms with Crippen LogP contribution in [0.4, 0.5) is 11.4 Å². The molecular weight excluding hydrogens is 268 g/mol. The van der Waals surface area contributed by atoms with Crippen molar-refractivity contribution in [3.05, 3.63) is 58.7 Å². The van der Waals surface area contributed by atoms with Crippen LogP contribution in [0.25, 0.3) is 0 Å². The Hall–Kier alpha value is -2.22. The fourth-order valence-electron chi connectivity index (χ4n) is 2.58. The predicted octanol–water partition coefficient (Wildman–Crippen LogP) is 5.81. The number of aliphatic imine (C=N–C) groups is 2. The lowest BCUT2D eigenvalue weighted by Gasteiger charge is -2.05. The average molecular weight is 292 g/mol. The molecule has 0 aliphatic carbocycles. The zero-order valence-corrected chi connectivity index (χ0v) is 14.4. The van der Waals surface area contributed by atoms with E-state index in [1.807, 2.05) is 13.8 Å². The smallest absolute Gasteiger partial charge is 0.0638 e. The van der Waals surface area contributed by atoms with E-state index in [9.17, 15) is 0 Å². The molecule has 2 aromatic carbocycles. The first kappa shape index (κ1) is 16.2. The molecule has 0 aliphatic rings. The van der Waals surface area contributed by atoms with Crippen molar-refractivity contribution in [1.29, 1.82) is 0 Å². The molecule has 2 rings (SSSR count). The Morgan fingerprint density at radius 2 is 0.818 bits per heavy atom. The van der Waals surface area contributed by atoms with Crippen molar-refractivity contribution in [2.75, 3.05) is 0 Å². The van der Waals surface area contributed by atoms with Gasteiger partial charge in [-0.2, -0.15) is 0 Å². The summed E-state index contributed by atoms with van der Waals surface area (Å²) in [5.41, 5.74) is 8.81. The van der Waals surface area contributed by atoms with Gasteiger partial charge < -0.3 is 0 Å². The lowest BCUT2D eigenvalue weighted by molar-refractivity contribution is 1.35. The van der Waals surface area contributed by atoms with E-state index in [1.165, 1.54) is 22.3 Å². The van der Waals surface area contributed by atoms with Gasteiger partial charge >= 0.3 is 0 Å². The third kappa shape index (κ3) is 4.39. The topological polar surface area (TPSA) is 24.7 Å². The number of hydrogen-bond donors (Lipinski definition) is 0. The van der Waals surface area contributed by atoms with Crippen LogP contribution in [0.2, 0.25) is 0 Å². The van der Waals surface area contributed by atoms with E-state index in [-0.39, 0.29) is 0 Å². The van der Waals surface area contributed by atoms with Gasteiger partial charge in [-0.1, -0.05) is 12.1 Å². The molecule has 0 amide bonds. The van der Waals surface area contributed by atoms with Crippen molar-refractivity contribution in [3.63, 3.8) is 0 Å². The number of nitrogens with zero attached hydrogens (tertiary/aromatic N) is 2. The summed E-state index contributed by atoms with van der Waals surface area (Å²) in [5.74, 6) is 0. The zero-order valence-electron chi connectivity index (χ0n) is 14.4. The third-order valence-corrected chi connectivity index (χ3v) is 3.53. The maximum Gasteiger partial charge on any atom is 0.0638 e. The molecule has 22 heavy (non-hydrogen) atoms. The number of rotatable bonds is 3. The molecule has 0 aromatic heterocycles. The van der Waals surface area contributed by atoms with Gasteiger partial charge in [0.25, 0.3) is 0 Å². The van der Waals surface area contributed by atoms with Gasteiger partial charge in [-0.25, -0.2) is 0 Å². The van der Waals surface area contributed by atoms with Crippen LogP contribution < -0.4 is 0 Å². The summed E-state index contributed by atoms with van der Waals surface area (Å²) in [6.07, 6.45) is 0. The summed E-state index contributed by atoms with van der Waals surface area (Å²) in [6.45, 7) is 12.4. The maximum atomic E-state index is 4.71. The van der Waals surface area contributed by atoms with Crippen LogP contribution in [0, 0.1) is 27.7 Å². The number of benzene rings is 2. The van der Waals surface area contributed by atoms with Crippen LogP contribution in [-0.4, -0.2) is 11.4 Å². The van der Waals surface area contributed by atoms with Crippen LogP contribution in [0.1, 0.15) is 36.1 Å². The summed E-state index contributed by atoms with van der Waals surface area (Å²) in [7, 11) is 0. The molecule has 0 radical (unpaired) electrons. The van der Waals surface area contributed by atoms with Gasteiger partial charge in [-0.05, 0) is 88.1 Å². The first-order valence-electron chi connectivity index (χ1n) is 7.61. The Morgan fingerprint density at radius 3 is 1.09 bits per heavy atom. The van der Waals surface area contributed by atoms with Crippen molar-refractivity contribution in [2.24, 2.45) is 9.98 Å². The van der Waals surface area contributed by atoms with Crippen molar-refractivity contribution in [1.82, 2.24) is 0 Å². The molecule has 2 nitrogen and oxygen atoms in total. The molecule has 0 saturated carbocycles. The minimum atomic E-state index is 0.948. The maximum absolute atomic E-state index is 4.71. The van der Waals surface area contributed by atoms with Crippen molar-refractivity contribution >= 4 is 22.8 Å². The average Bonchev–Trinajstić information content (AvgIpc) is 2.35. The van der Waals surface area contributed by atoms with E-state index in [0.29, 0.717) is 0 Å². The lowest BCUT2D eigenvalue weighted by atomic mass is 10.1. The molecule has 0 bridgehead atoms. The Bertz CT molecular complexity index is 646. The molecule has 0 spiro atoms. The monoisotopic (exact) mass is 292 g/mol. The second-order valence-electron chi connectivity index (χ2n) is 6.09. The van der Waals surface area contributed by atoms with Crippen LogP contribution in [-0.2, 0) is 0 Å². The standard InChI is InChI=1S/C20H24N2/c1-13-7-14(2)10-19(9-13)21-17(5)18(6)22-20-11-15(3)8-16(4)12-20/h7-12H,1-6H3. The summed E-state index contributed by atoms with van der Waals surface area (Å²) in [6, 6.07) is 12.7. The first-order valence-corrected chi connectivity index (χ1v) is 7.61. The minimum absolute atomic E-state index is 0.948. The fraction of sp³-hybridized carbons (Fsp3) is 0.300. The van der Waals surface area contributed by atoms with E-state index >= 15 is 0 Å². The predicted molar refractivity (Wildman–Crippen MR) is 97.4 cm³/mol. The third-order valence-electron chi connectivity index (χ3n) is 3.53. The molecule has 114 valence electrons. The Labute approximate surface area is 133 Å². The zero-order chi connectivity index (χ0) is 16.3. The van der Waals surface area contributed by atoms with Gasteiger partial charge in [-0.15, -0.1) is 0 Å². The second kappa shape index (κ2) is 6.69. The van der Waals surface area contributed by atoms with E-state index in [2.05, 4.69) is 64.1 Å². The highest BCUT2D eigenvalue weighted by Gasteiger charge is 2.01. The highest BCUT2D eigenvalue weighted by atomic mass is 14.8. The van der Waals surface area contributed by atoms with Crippen LogP contribution in [0.5, 0.6) is 0 Å². The molecule has 0 unspecified atom stereocenters. The van der Waals surface area contributed by atoms with E-state index in [1.54, 1.807) is 0 Å². The Kier molecular flexibility index (Phi) is 4.92. The normalized spacial score (nSPS) is 12.6. The van der Waals surface area contributed by atoms with Gasteiger partial charge in [0.2, 0.25) is 0 Å². The summed E-state index contributed by atoms with van der Waals surface area (Å²) < 4.78 is 0. The van der Waals surface area contributed by atoms with Gasteiger partial charge in [0.05, 0.1) is 22.8 Å². The van der Waals surface area contributed by atoms with E-state index in [0.717, 1.165) is 22.8 Å². The van der Waals surface area contributed by atoms with Gasteiger partial charge in [0.1, 0.15) is 0 Å². The molecule has 2 heteroatoms. The molecule has 0 N–H and O–H groups in total. The SMILES string of the molecule is CC(=Nc1cc(C)cc(C)c1)C(C)=Nc1cc(C)cc(C)c1. The van der Waals surface area contributed by atoms with E-state index in [4.69, 9.17) is 9.98 Å². The Balaban J connectivity index is 2.32.